The van der Waals surface area contributed by atoms with Gasteiger partial charge in [0.25, 0.3) is 5.60 Å². The topological polar surface area (TPSA) is 44.8 Å². The molecule has 1 aromatic rings. The Balaban J connectivity index is 2.59. The van der Waals surface area contributed by atoms with Crippen LogP contribution in [0.1, 0.15) is 31.7 Å². The normalized spacial score (nSPS) is 18.3. The molecule has 1 aliphatic carbocycles. The Hall–Kier alpha value is -1.25. The highest BCUT2D eigenvalue weighted by atomic mass is 35.5. The molecule has 0 spiro atoms. The van der Waals surface area contributed by atoms with Crippen LogP contribution in [0.4, 0.5) is 13.2 Å². The number of rotatable bonds is 8. The van der Waals surface area contributed by atoms with E-state index in [9.17, 15) is 18.0 Å². The van der Waals surface area contributed by atoms with Crippen molar-refractivity contribution >= 4 is 25.9 Å². The van der Waals surface area contributed by atoms with Crippen LogP contribution in [0.2, 0.25) is 24.7 Å². The van der Waals surface area contributed by atoms with Crippen LogP contribution < -0.4 is 4.74 Å². The molecule has 1 unspecified atom stereocenters. The summed E-state index contributed by atoms with van der Waals surface area (Å²) in [5.41, 5.74) is -3.39. The van der Waals surface area contributed by atoms with Crippen molar-refractivity contribution in [1.29, 1.82) is 0 Å². The zero-order valence-electron chi connectivity index (χ0n) is 16.7. The molecular formula is C19H26ClF3O4Si. The van der Waals surface area contributed by atoms with Crippen LogP contribution in [0, 0.1) is 0 Å². The molecule has 1 atom stereocenters. The molecule has 0 saturated heterocycles. The first-order valence-electron chi connectivity index (χ1n) is 9.09. The fraction of sp³-hybridized carbons (Fsp3) is 0.632. The van der Waals surface area contributed by atoms with Crippen molar-refractivity contribution in [3.8, 4) is 5.75 Å². The van der Waals surface area contributed by atoms with E-state index in [0.29, 0.717) is 29.2 Å². The Morgan fingerprint density at radius 3 is 2.29 bits per heavy atom. The van der Waals surface area contributed by atoms with Crippen LogP contribution in [0.15, 0.2) is 18.2 Å². The lowest BCUT2D eigenvalue weighted by Crippen LogP contribution is -2.60. The van der Waals surface area contributed by atoms with Gasteiger partial charge in [0.15, 0.2) is 8.32 Å². The van der Waals surface area contributed by atoms with Gasteiger partial charge in [-0.3, -0.25) is 0 Å². The first kappa shape index (κ1) is 23.0. The fourth-order valence-electron chi connectivity index (χ4n) is 3.50. The van der Waals surface area contributed by atoms with Gasteiger partial charge in [-0.1, -0.05) is 23.7 Å². The average molecular weight is 439 g/mol. The predicted octanol–water partition coefficient (Wildman–Crippen LogP) is 5.49. The zero-order valence-corrected chi connectivity index (χ0v) is 18.5. The maximum absolute atomic E-state index is 14.4. The van der Waals surface area contributed by atoms with Gasteiger partial charge in [0.2, 0.25) is 0 Å². The summed E-state index contributed by atoms with van der Waals surface area (Å²) in [4.78, 5) is 12.6. The highest BCUT2D eigenvalue weighted by molar-refractivity contribution is 6.70. The van der Waals surface area contributed by atoms with Crippen molar-refractivity contribution < 1.29 is 31.9 Å². The van der Waals surface area contributed by atoms with Crippen molar-refractivity contribution in [2.24, 2.45) is 0 Å². The number of alkyl halides is 3. The van der Waals surface area contributed by atoms with Gasteiger partial charge in [-0.25, -0.2) is 4.79 Å². The lowest BCUT2D eigenvalue weighted by Gasteiger charge is -2.40. The number of methoxy groups -OCH3 is 1. The van der Waals surface area contributed by atoms with E-state index >= 15 is 0 Å². The zero-order chi connectivity index (χ0) is 21.4. The highest BCUT2D eigenvalue weighted by Gasteiger charge is 2.69. The number of para-hydroxylation sites is 1. The second kappa shape index (κ2) is 7.87. The summed E-state index contributed by atoms with van der Waals surface area (Å²) in [7, 11) is -1.36. The summed E-state index contributed by atoms with van der Waals surface area (Å²) in [6, 6.07) is 4.97. The third-order valence-corrected chi connectivity index (χ3v) is 5.99. The van der Waals surface area contributed by atoms with E-state index in [-0.39, 0.29) is 6.61 Å². The van der Waals surface area contributed by atoms with Gasteiger partial charge in [-0.2, -0.15) is 13.2 Å². The van der Waals surface area contributed by atoms with Gasteiger partial charge >= 0.3 is 12.1 Å². The summed E-state index contributed by atoms with van der Waals surface area (Å²) in [6.07, 6.45) is -4.56. The maximum Gasteiger partial charge on any atom is 0.427 e. The standard InChI is InChI=1S/C19H26ClF3O4Si/c1-6-26-16(24)18(19(21,22)23,27-28(3,4)5)12-17(10-11-17)13-8-7-9-14(20)15(13)25-2/h7-9H,6,10-12H2,1-5H3. The first-order valence-corrected chi connectivity index (χ1v) is 12.9. The second-order valence-electron chi connectivity index (χ2n) is 8.04. The molecule has 0 N–H and O–H groups in total. The fourth-order valence-corrected chi connectivity index (χ4v) is 5.07. The predicted molar refractivity (Wildman–Crippen MR) is 103 cm³/mol. The van der Waals surface area contributed by atoms with E-state index in [4.69, 9.17) is 25.5 Å². The van der Waals surface area contributed by atoms with Crippen molar-refractivity contribution in [2.75, 3.05) is 13.7 Å². The van der Waals surface area contributed by atoms with Crippen LogP contribution in [-0.2, 0) is 19.4 Å². The van der Waals surface area contributed by atoms with Gasteiger partial charge in [0.1, 0.15) is 5.75 Å². The number of esters is 1. The Bertz CT molecular complexity index is 729. The molecule has 1 aliphatic rings. The average Bonchev–Trinajstić information content (AvgIpc) is 3.32. The highest BCUT2D eigenvalue weighted by Crippen LogP contribution is 2.59. The van der Waals surface area contributed by atoms with Gasteiger partial charge in [0.05, 0.1) is 18.7 Å². The smallest absolute Gasteiger partial charge is 0.427 e. The van der Waals surface area contributed by atoms with Crippen molar-refractivity contribution in [3.63, 3.8) is 0 Å². The molecule has 0 aliphatic heterocycles. The Morgan fingerprint density at radius 2 is 1.86 bits per heavy atom. The maximum atomic E-state index is 14.4. The molecule has 9 heteroatoms. The van der Waals surface area contributed by atoms with Crippen molar-refractivity contribution in [2.45, 2.75) is 63.0 Å². The van der Waals surface area contributed by atoms with Crippen molar-refractivity contribution in [3.05, 3.63) is 28.8 Å². The summed E-state index contributed by atoms with van der Waals surface area (Å²) in [5, 5.41) is 0.311. The SMILES string of the molecule is CCOC(=O)C(CC1(c2cccc(Cl)c2OC)CC1)(O[Si](C)(C)C)C(F)(F)F. The molecule has 158 valence electrons. The molecule has 0 heterocycles. The molecule has 2 rings (SSSR count). The van der Waals surface area contributed by atoms with Crippen LogP contribution in [0.25, 0.3) is 0 Å². The van der Waals surface area contributed by atoms with E-state index < -0.39 is 37.9 Å². The summed E-state index contributed by atoms with van der Waals surface area (Å²) >= 11 is 6.18. The molecular weight excluding hydrogens is 413 g/mol. The molecule has 0 radical (unpaired) electrons. The largest absolute Gasteiger partial charge is 0.495 e. The van der Waals surface area contributed by atoms with Crippen LogP contribution >= 0.6 is 11.6 Å². The summed E-state index contributed by atoms with van der Waals surface area (Å²) in [5.74, 6) is -1.06. The summed E-state index contributed by atoms with van der Waals surface area (Å²) < 4.78 is 58.8. The van der Waals surface area contributed by atoms with Gasteiger partial charge in [-0.15, -0.1) is 0 Å². The Morgan fingerprint density at radius 1 is 1.25 bits per heavy atom. The quantitative estimate of drug-likeness (QED) is 0.398. The number of benzene rings is 1. The number of halogens is 4. The third-order valence-electron chi connectivity index (χ3n) is 4.73. The van der Waals surface area contributed by atoms with Gasteiger partial charge < -0.3 is 13.9 Å². The minimum absolute atomic E-state index is 0.167. The van der Waals surface area contributed by atoms with Gasteiger partial charge in [-0.05, 0) is 45.5 Å². The minimum atomic E-state index is -4.93. The molecule has 0 aromatic heterocycles. The van der Waals surface area contributed by atoms with Gasteiger partial charge in [0, 0.05) is 17.4 Å². The first-order chi connectivity index (χ1) is 12.8. The number of hydrogen-bond donors (Lipinski definition) is 0. The molecule has 4 nitrogen and oxygen atoms in total. The van der Waals surface area contributed by atoms with Crippen molar-refractivity contribution in [1.82, 2.24) is 0 Å². The number of ether oxygens (including phenoxy) is 2. The molecule has 28 heavy (non-hydrogen) atoms. The molecule has 1 fully saturated rings. The number of carbonyl (C=O) groups excluding carboxylic acids is 1. The number of carbonyl (C=O) groups is 1. The van der Waals surface area contributed by atoms with Crippen LogP contribution in [0.3, 0.4) is 0 Å². The van der Waals surface area contributed by atoms with E-state index in [0.717, 1.165) is 0 Å². The van der Waals surface area contributed by atoms with E-state index in [1.165, 1.54) is 14.0 Å². The van der Waals surface area contributed by atoms with Crippen LogP contribution in [-0.4, -0.2) is 39.8 Å². The summed E-state index contributed by atoms with van der Waals surface area (Å²) in [6.45, 7) is 6.16. The Kier molecular flexibility index (Phi) is 6.48. The monoisotopic (exact) mass is 438 g/mol. The van der Waals surface area contributed by atoms with E-state index in [2.05, 4.69) is 0 Å². The number of hydrogen-bond acceptors (Lipinski definition) is 4. The van der Waals surface area contributed by atoms with E-state index in [1.807, 2.05) is 0 Å². The Labute approximate surface area is 169 Å². The molecule has 0 bridgehead atoms. The third kappa shape index (κ3) is 4.49. The lowest BCUT2D eigenvalue weighted by atomic mass is 9.82. The molecule has 1 saturated carbocycles. The molecule has 0 amide bonds. The minimum Gasteiger partial charge on any atom is -0.495 e. The van der Waals surface area contributed by atoms with E-state index in [1.54, 1.807) is 37.8 Å². The second-order valence-corrected chi connectivity index (χ2v) is 12.9. The van der Waals surface area contributed by atoms with Crippen LogP contribution in [0.5, 0.6) is 5.75 Å². The lowest BCUT2D eigenvalue weighted by molar-refractivity contribution is -0.260. The molecule has 1 aromatic carbocycles.